The van der Waals surface area contributed by atoms with Gasteiger partial charge in [-0.25, -0.2) is 0 Å². The topological polar surface area (TPSA) is 12.0 Å². The van der Waals surface area contributed by atoms with Gasteiger partial charge in [-0.15, -0.1) is 0 Å². The van der Waals surface area contributed by atoms with E-state index < -0.39 is 0 Å². The highest BCUT2D eigenvalue weighted by atomic mass is 127. The van der Waals surface area contributed by atoms with Gasteiger partial charge in [0.05, 0.1) is 0 Å². The van der Waals surface area contributed by atoms with E-state index in [-0.39, 0.29) is 0 Å². The van der Waals surface area contributed by atoms with E-state index in [2.05, 4.69) is 85.1 Å². The van der Waals surface area contributed by atoms with Crippen LogP contribution in [0.1, 0.15) is 33.9 Å². The standard InChI is InChI=1S/C18H22IN/c1-12-9-13(2)16(14(3)10-12)11-18(20-4)15-7-5-6-8-17(15)19/h5-10,18,20H,11H2,1-4H3. The molecule has 0 bridgehead atoms. The van der Waals surface area contributed by atoms with Gasteiger partial charge in [-0.3, -0.25) is 0 Å². The van der Waals surface area contributed by atoms with Crippen molar-refractivity contribution in [1.29, 1.82) is 0 Å². The molecule has 0 aliphatic carbocycles. The van der Waals surface area contributed by atoms with Crippen molar-refractivity contribution in [2.45, 2.75) is 33.2 Å². The van der Waals surface area contributed by atoms with Crippen molar-refractivity contribution < 1.29 is 0 Å². The largest absolute Gasteiger partial charge is 0.313 e. The number of nitrogens with one attached hydrogen (secondary N) is 1. The molecule has 0 aromatic heterocycles. The summed E-state index contributed by atoms with van der Waals surface area (Å²) in [6.45, 7) is 6.61. The van der Waals surface area contributed by atoms with Crippen molar-refractivity contribution >= 4 is 22.6 Å². The number of hydrogen-bond donors (Lipinski definition) is 1. The monoisotopic (exact) mass is 379 g/mol. The molecular weight excluding hydrogens is 357 g/mol. The maximum atomic E-state index is 3.47. The molecule has 0 spiro atoms. The lowest BCUT2D eigenvalue weighted by atomic mass is 9.92. The minimum Gasteiger partial charge on any atom is -0.313 e. The first-order chi connectivity index (χ1) is 9.52. The molecule has 0 aliphatic heterocycles. The average molecular weight is 379 g/mol. The van der Waals surface area contributed by atoms with E-state index in [1.165, 1.54) is 31.4 Å². The normalized spacial score (nSPS) is 12.4. The molecule has 2 aromatic rings. The fourth-order valence-electron chi connectivity index (χ4n) is 2.86. The number of likely N-dealkylation sites (N-methyl/N-ethyl adjacent to an activating group) is 1. The first-order valence-corrected chi connectivity index (χ1v) is 8.09. The highest BCUT2D eigenvalue weighted by Gasteiger charge is 2.15. The van der Waals surface area contributed by atoms with E-state index in [4.69, 9.17) is 0 Å². The van der Waals surface area contributed by atoms with Gasteiger partial charge in [0.25, 0.3) is 0 Å². The van der Waals surface area contributed by atoms with Crippen molar-refractivity contribution in [1.82, 2.24) is 5.32 Å². The Morgan fingerprint density at radius 2 is 1.65 bits per heavy atom. The summed E-state index contributed by atoms with van der Waals surface area (Å²) in [7, 11) is 2.05. The quantitative estimate of drug-likeness (QED) is 0.758. The molecule has 0 radical (unpaired) electrons. The number of rotatable bonds is 4. The summed E-state index contributed by atoms with van der Waals surface area (Å²) in [6.07, 6.45) is 1.04. The predicted octanol–water partition coefficient (Wildman–Crippen LogP) is 4.72. The summed E-state index contributed by atoms with van der Waals surface area (Å²) in [5, 5.41) is 3.47. The van der Waals surface area contributed by atoms with Crippen LogP contribution in [0.3, 0.4) is 0 Å². The van der Waals surface area contributed by atoms with E-state index in [1.807, 2.05) is 7.05 Å². The van der Waals surface area contributed by atoms with Gasteiger partial charge in [0, 0.05) is 9.61 Å². The Balaban J connectivity index is 2.35. The Morgan fingerprint density at radius 1 is 1.05 bits per heavy atom. The van der Waals surface area contributed by atoms with Crippen LogP contribution < -0.4 is 5.32 Å². The SMILES string of the molecule is CNC(Cc1c(C)cc(C)cc1C)c1ccccc1I. The van der Waals surface area contributed by atoms with Crippen LogP contribution in [0.5, 0.6) is 0 Å². The molecule has 106 valence electrons. The molecular formula is C18H22IN. The van der Waals surface area contributed by atoms with Crippen LogP contribution >= 0.6 is 22.6 Å². The third-order valence-electron chi connectivity index (χ3n) is 3.88. The summed E-state index contributed by atoms with van der Waals surface area (Å²) < 4.78 is 1.33. The van der Waals surface area contributed by atoms with Gasteiger partial charge in [-0.1, -0.05) is 35.9 Å². The predicted molar refractivity (Wildman–Crippen MR) is 95.3 cm³/mol. The van der Waals surface area contributed by atoms with Crippen molar-refractivity contribution in [3.8, 4) is 0 Å². The summed E-state index contributed by atoms with van der Waals surface area (Å²) in [4.78, 5) is 0. The second-order valence-corrected chi connectivity index (χ2v) is 6.61. The lowest BCUT2D eigenvalue weighted by molar-refractivity contribution is 0.586. The van der Waals surface area contributed by atoms with Gasteiger partial charge in [0.2, 0.25) is 0 Å². The van der Waals surface area contributed by atoms with Crippen LogP contribution in [-0.2, 0) is 6.42 Å². The first-order valence-electron chi connectivity index (χ1n) is 7.01. The average Bonchev–Trinajstić information content (AvgIpc) is 2.39. The zero-order chi connectivity index (χ0) is 14.7. The van der Waals surface area contributed by atoms with Gasteiger partial charge in [0.15, 0.2) is 0 Å². The van der Waals surface area contributed by atoms with Crippen LogP contribution in [0.4, 0.5) is 0 Å². The zero-order valence-corrected chi connectivity index (χ0v) is 14.8. The molecule has 1 unspecified atom stereocenters. The van der Waals surface area contributed by atoms with E-state index >= 15 is 0 Å². The molecule has 0 aliphatic rings. The highest BCUT2D eigenvalue weighted by molar-refractivity contribution is 14.1. The van der Waals surface area contributed by atoms with Crippen molar-refractivity contribution in [2.75, 3.05) is 7.05 Å². The minimum atomic E-state index is 0.364. The Bertz CT molecular complexity index is 581. The van der Waals surface area contributed by atoms with Gasteiger partial charge >= 0.3 is 0 Å². The number of aryl methyl sites for hydroxylation is 3. The summed E-state index contributed by atoms with van der Waals surface area (Å²) >= 11 is 2.42. The fourth-order valence-corrected chi connectivity index (χ4v) is 3.62. The molecule has 0 saturated heterocycles. The van der Waals surface area contributed by atoms with Crippen molar-refractivity contribution in [2.24, 2.45) is 0 Å². The summed E-state index contributed by atoms with van der Waals surface area (Å²) in [5.74, 6) is 0. The van der Waals surface area contributed by atoms with Gasteiger partial charge in [-0.05, 0) is 85.2 Å². The first kappa shape index (κ1) is 15.5. The third-order valence-corrected chi connectivity index (χ3v) is 4.86. The van der Waals surface area contributed by atoms with E-state index in [1.54, 1.807) is 0 Å². The maximum Gasteiger partial charge on any atom is 0.0369 e. The lowest BCUT2D eigenvalue weighted by Gasteiger charge is -2.21. The van der Waals surface area contributed by atoms with Crippen molar-refractivity contribution in [3.05, 3.63) is 67.8 Å². The smallest absolute Gasteiger partial charge is 0.0369 e. The number of halogens is 1. The zero-order valence-electron chi connectivity index (χ0n) is 12.6. The van der Waals surface area contributed by atoms with Gasteiger partial charge in [-0.2, -0.15) is 0 Å². The summed E-state index contributed by atoms with van der Waals surface area (Å²) in [6, 6.07) is 13.5. The third kappa shape index (κ3) is 3.41. The van der Waals surface area contributed by atoms with Crippen LogP contribution in [0.25, 0.3) is 0 Å². The lowest BCUT2D eigenvalue weighted by Crippen LogP contribution is -2.20. The molecule has 2 aromatic carbocycles. The Labute approximate surface area is 135 Å². The molecule has 2 heteroatoms. The van der Waals surface area contributed by atoms with Crippen LogP contribution in [-0.4, -0.2) is 7.05 Å². The Hall–Kier alpha value is -0.870. The second kappa shape index (κ2) is 6.72. The van der Waals surface area contributed by atoms with E-state index in [9.17, 15) is 0 Å². The Kier molecular flexibility index (Phi) is 5.22. The van der Waals surface area contributed by atoms with Gasteiger partial charge in [0.1, 0.15) is 0 Å². The van der Waals surface area contributed by atoms with E-state index in [0.29, 0.717) is 6.04 Å². The van der Waals surface area contributed by atoms with Gasteiger partial charge < -0.3 is 5.32 Å². The minimum absolute atomic E-state index is 0.364. The van der Waals surface area contributed by atoms with E-state index in [0.717, 1.165) is 6.42 Å². The molecule has 20 heavy (non-hydrogen) atoms. The summed E-state index contributed by atoms with van der Waals surface area (Å²) in [5.41, 5.74) is 6.99. The maximum absolute atomic E-state index is 3.47. The molecule has 1 atom stereocenters. The molecule has 0 fully saturated rings. The highest BCUT2D eigenvalue weighted by Crippen LogP contribution is 2.26. The molecule has 1 N–H and O–H groups in total. The second-order valence-electron chi connectivity index (χ2n) is 5.44. The molecule has 0 heterocycles. The number of hydrogen-bond acceptors (Lipinski definition) is 1. The molecule has 0 amide bonds. The van der Waals surface area contributed by atoms with Crippen LogP contribution in [0.15, 0.2) is 36.4 Å². The Morgan fingerprint density at radius 3 is 2.20 bits per heavy atom. The number of benzene rings is 2. The van der Waals surface area contributed by atoms with Crippen LogP contribution in [0, 0.1) is 24.3 Å². The van der Waals surface area contributed by atoms with Crippen LogP contribution in [0.2, 0.25) is 0 Å². The molecule has 0 saturated carbocycles. The fraction of sp³-hybridized carbons (Fsp3) is 0.333. The van der Waals surface area contributed by atoms with Crippen molar-refractivity contribution in [3.63, 3.8) is 0 Å². The molecule has 1 nitrogen and oxygen atoms in total. The molecule has 2 rings (SSSR count).